The maximum absolute atomic E-state index is 12.9. The minimum Gasteiger partial charge on any atom is -0.472 e. The molecule has 0 fully saturated rings. The molecule has 6 nitrogen and oxygen atoms in total. The van der Waals surface area contributed by atoms with Crippen molar-refractivity contribution in [3.05, 3.63) is 113 Å². The molecule has 0 atom stereocenters. The van der Waals surface area contributed by atoms with Gasteiger partial charge in [0.25, 0.3) is 11.8 Å². The Kier molecular flexibility index (Phi) is 5.34. The number of hydrogen-bond donors (Lipinski definition) is 1. The quantitative estimate of drug-likeness (QED) is 0.446. The number of fused-ring (bicyclic) bond motifs is 2. The fraction of sp³-hybridized carbons (Fsp3) is 0.172. The van der Waals surface area contributed by atoms with Crippen LogP contribution in [0.15, 0.2) is 89.7 Å². The minimum absolute atomic E-state index is 0.0773. The van der Waals surface area contributed by atoms with Gasteiger partial charge in [-0.3, -0.25) is 9.59 Å². The number of hydrogen-bond acceptors (Lipinski definition) is 4. The summed E-state index contributed by atoms with van der Waals surface area (Å²) in [6.07, 6.45) is 4.74. The van der Waals surface area contributed by atoms with Crippen molar-refractivity contribution in [2.24, 2.45) is 0 Å². The topological polar surface area (TPSA) is 65.8 Å². The van der Waals surface area contributed by atoms with Crippen molar-refractivity contribution in [1.29, 1.82) is 0 Å². The maximum atomic E-state index is 12.9. The molecule has 3 heterocycles. The van der Waals surface area contributed by atoms with Gasteiger partial charge in [0, 0.05) is 42.3 Å². The van der Waals surface area contributed by atoms with E-state index in [0.29, 0.717) is 17.7 Å². The molecule has 2 aliphatic heterocycles. The summed E-state index contributed by atoms with van der Waals surface area (Å²) in [4.78, 5) is 29.7. The van der Waals surface area contributed by atoms with Crippen molar-refractivity contribution >= 4 is 28.9 Å². The molecular formula is C29H25N3O3. The lowest BCUT2D eigenvalue weighted by Crippen LogP contribution is -2.30. The van der Waals surface area contributed by atoms with Crippen molar-refractivity contribution < 1.29 is 14.0 Å². The van der Waals surface area contributed by atoms with Crippen LogP contribution in [0.25, 0.3) is 0 Å². The molecule has 0 radical (unpaired) electrons. The molecule has 6 heteroatoms. The van der Waals surface area contributed by atoms with Crippen molar-refractivity contribution in [3.8, 4) is 0 Å². The molecule has 1 N–H and O–H groups in total. The van der Waals surface area contributed by atoms with Crippen LogP contribution in [-0.2, 0) is 19.4 Å². The molecule has 0 unspecified atom stereocenters. The van der Waals surface area contributed by atoms with E-state index in [1.165, 1.54) is 23.7 Å². The van der Waals surface area contributed by atoms with E-state index in [1.807, 2.05) is 42.5 Å². The Labute approximate surface area is 203 Å². The Morgan fingerprint density at radius 1 is 0.800 bits per heavy atom. The number of nitrogens with one attached hydrogen (secondary N) is 1. The fourth-order valence-electron chi connectivity index (χ4n) is 4.98. The predicted octanol–water partition coefficient (Wildman–Crippen LogP) is 5.30. The van der Waals surface area contributed by atoms with Crippen LogP contribution in [0.3, 0.4) is 0 Å². The molecule has 1 aromatic heterocycles. The zero-order chi connectivity index (χ0) is 23.8. The molecule has 4 aromatic rings. The third-order valence-corrected chi connectivity index (χ3v) is 6.87. The van der Waals surface area contributed by atoms with Gasteiger partial charge < -0.3 is 19.5 Å². The van der Waals surface area contributed by atoms with Crippen molar-refractivity contribution in [1.82, 2.24) is 0 Å². The Bertz CT molecular complexity index is 1390. The van der Waals surface area contributed by atoms with E-state index >= 15 is 0 Å². The number of anilines is 3. The van der Waals surface area contributed by atoms with Gasteiger partial charge in [-0.05, 0) is 78.1 Å². The zero-order valence-corrected chi connectivity index (χ0v) is 19.2. The minimum atomic E-state index is -0.148. The predicted molar refractivity (Wildman–Crippen MR) is 136 cm³/mol. The van der Waals surface area contributed by atoms with E-state index < -0.39 is 0 Å². The Morgan fingerprint density at radius 3 is 2.40 bits per heavy atom. The van der Waals surface area contributed by atoms with E-state index in [2.05, 4.69) is 34.5 Å². The number of rotatable bonds is 4. The van der Waals surface area contributed by atoms with E-state index in [9.17, 15) is 9.59 Å². The molecular weight excluding hydrogens is 438 g/mol. The molecule has 0 spiro atoms. The first-order valence-electron chi connectivity index (χ1n) is 11.9. The van der Waals surface area contributed by atoms with Crippen LogP contribution in [0, 0.1) is 0 Å². The second-order valence-electron chi connectivity index (χ2n) is 9.00. The summed E-state index contributed by atoms with van der Waals surface area (Å²) in [7, 11) is 0. The summed E-state index contributed by atoms with van der Waals surface area (Å²) >= 11 is 0. The molecule has 0 saturated carbocycles. The first-order valence-corrected chi connectivity index (χ1v) is 11.9. The summed E-state index contributed by atoms with van der Waals surface area (Å²) in [6.45, 7) is 2.47. The van der Waals surface area contributed by atoms with E-state index in [4.69, 9.17) is 4.42 Å². The monoisotopic (exact) mass is 463 g/mol. The lowest BCUT2D eigenvalue weighted by molar-refractivity contribution is 0.0987. The first-order chi connectivity index (χ1) is 17.2. The van der Waals surface area contributed by atoms with Gasteiger partial charge in [-0.2, -0.15) is 0 Å². The van der Waals surface area contributed by atoms with Gasteiger partial charge in [0.05, 0.1) is 11.8 Å². The molecule has 2 aliphatic rings. The average Bonchev–Trinajstić information content (AvgIpc) is 3.58. The van der Waals surface area contributed by atoms with Gasteiger partial charge in [0.2, 0.25) is 0 Å². The van der Waals surface area contributed by atoms with E-state index in [0.717, 1.165) is 48.6 Å². The van der Waals surface area contributed by atoms with Crippen LogP contribution in [0.1, 0.15) is 37.4 Å². The molecule has 3 aromatic carbocycles. The largest absolute Gasteiger partial charge is 0.472 e. The molecule has 174 valence electrons. The standard InChI is InChI=1S/C29H25N3O3/c33-28(21-5-8-26(9-6-21)31-14-11-20-3-1-2-4-23(20)18-31)30-25-7-10-27-22(17-25)12-15-32(27)29(34)24-13-16-35-19-24/h1-10,13,16-17,19H,11-12,14-15,18H2,(H,30,33). The summed E-state index contributed by atoms with van der Waals surface area (Å²) in [6, 6.07) is 23.7. The van der Waals surface area contributed by atoms with Gasteiger partial charge in [-0.15, -0.1) is 0 Å². The van der Waals surface area contributed by atoms with Crippen LogP contribution in [0.4, 0.5) is 17.1 Å². The lowest BCUT2D eigenvalue weighted by atomic mass is 9.99. The van der Waals surface area contributed by atoms with Gasteiger partial charge >= 0.3 is 0 Å². The van der Waals surface area contributed by atoms with Gasteiger partial charge in [0.15, 0.2) is 0 Å². The Balaban J connectivity index is 1.12. The second-order valence-corrected chi connectivity index (χ2v) is 9.00. The molecule has 2 amide bonds. The van der Waals surface area contributed by atoms with Gasteiger partial charge in [0.1, 0.15) is 6.26 Å². The highest BCUT2D eigenvalue weighted by Gasteiger charge is 2.26. The lowest BCUT2D eigenvalue weighted by Gasteiger charge is -2.30. The number of benzene rings is 3. The van der Waals surface area contributed by atoms with Crippen molar-refractivity contribution in [3.63, 3.8) is 0 Å². The number of furan rings is 1. The molecule has 0 aliphatic carbocycles. The number of nitrogens with zero attached hydrogens (tertiary/aromatic N) is 2. The van der Waals surface area contributed by atoms with Gasteiger partial charge in [-0.1, -0.05) is 24.3 Å². The number of carbonyl (C=O) groups excluding carboxylic acids is 2. The van der Waals surface area contributed by atoms with Crippen LogP contribution in [0.2, 0.25) is 0 Å². The molecule has 0 bridgehead atoms. The first kappa shape index (κ1) is 21.2. The summed E-state index contributed by atoms with van der Waals surface area (Å²) in [5.41, 5.74) is 7.70. The summed E-state index contributed by atoms with van der Waals surface area (Å²) < 4.78 is 5.05. The molecule has 0 saturated heterocycles. The SMILES string of the molecule is O=C(Nc1ccc2c(c1)CCN2C(=O)c1ccoc1)c1ccc(N2CCc3ccccc3C2)cc1. The number of amides is 2. The van der Waals surface area contributed by atoms with Crippen molar-refractivity contribution in [2.45, 2.75) is 19.4 Å². The number of carbonyl (C=O) groups is 2. The maximum Gasteiger partial charge on any atom is 0.261 e. The van der Waals surface area contributed by atoms with E-state index in [1.54, 1.807) is 11.0 Å². The van der Waals surface area contributed by atoms with E-state index in [-0.39, 0.29) is 11.8 Å². The third kappa shape index (κ3) is 4.08. The molecule has 6 rings (SSSR count). The summed E-state index contributed by atoms with van der Waals surface area (Å²) in [5.74, 6) is -0.226. The average molecular weight is 464 g/mol. The third-order valence-electron chi connectivity index (χ3n) is 6.87. The Morgan fingerprint density at radius 2 is 1.60 bits per heavy atom. The Hall–Kier alpha value is -4.32. The highest BCUT2D eigenvalue weighted by molar-refractivity contribution is 6.08. The smallest absolute Gasteiger partial charge is 0.261 e. The van der Waals surface area contributed by atoms with Crippen LogP contribution in [0.5, 0.6) is 0 Å². The zero-order valence-electron chi connectivity index (χ0n) is 19.2. The highest BCUT2D eigenvalue weighted by Crippen LogP contribution is 2.32. The van der Waals surface area contributed by atoms with Crippen LogP contribution >= 0.6 is 0 Å². The second kappa shape index (κ2) is 8.80. The highest BCUT2D eigenvalue weighted by atomic mass is 16.3. The van der Waals surface area contributed by atoms with Gasteiger partial charge in [-0.25, -0.2) is 0 Å². The summed E-state index contributed by atoms with van der Waals surface area (Å²) in [5, 5.41) is 3.00. The van der Waals surface area contributed by atoms with Crippen LogP contribution in [-0.4, -0.2) is 24.9 Å². The molecule has 35 heavy (non-hydrogen) atoms. The normalized spacial score (nSPS) is 14.4. The van der Waals surface area contributed by atoms with Crippen molar-refractivity contribution in [2.75, 3.05) is 28.2 Å². The van der Waals surface area contributed by atoms with Crippen LogP contribution < -0.4 is 15.1 Å². The fourth-order valence-corrected chi connectivity index (χ4v) is 4.98.